The van der Waals surface area contributed by atoms with Gasteiger partial charge in [-0.1, -0.05) is 67.2 Å². The molecular formula is C17H17N3S. The van der Waals surface area contributed by atoms with Crippen molar-refractivity contribution in [3.05, 3.63) is 60.7 Å². The van der Waals surface area contributed by atoms with Crippen LogP contribution >= 0.6 is 11.8 Å². The fourth-order valence-electron chi connectivity index (χ4n) is 2.14. The Hall–Kier alpha value is -2.07. The zero-order chi connectivity index (χ0) is 14.5. The zero-order valence-corrected chi connectivity index (χ0v) is 12.8. The SMILES string of the molecule is CCCSc1nnc(-c2ccccc2)n1-c1ccccc1. The summed E-state index contributed by atoms with van der Waals surface area (Å²) < 4.78 is 2.13. The quantitative estimate of drug-likeness (QED) is 0.652. The van der Waals surface area contributed by atoms with Crippen molar-refractivity contribution in [3.8, 4) is 17.1 Å². The molecule has 0 N–H and O–H groups in total. The van der Waals surface area contributed by atoms with Crippen molar-refractivity contribution in [2.75, 3.05) is 5.75 Å². The average Bonchev–Trinajstić information content (AvgIpc) is 2.98. The molecule has 0 bridgehead atoms. The number of hydrogen-bond acceptors (Lipinski definition) is 3. The summed E-state index contributed by atoms with van der Waals surface area (Å²) in [6, 6.07) is 20.5. The van der Waals surface area contributed by atoms with Crippen LogP contribution < -0.4 is 0 Å². The van der Waals surface area contributed by atoms with E-state index in [1.807, 2.05) is 36.4 Å². The number of para-hydroxylation sites is 1. The van der Waals surface area contributed by atoms with E-state index in [0.29, 0.717) is 0 Å². The first-order valence-corrected chi connectivity index (χ1v) is 8.07. The minimum Gasteiger partial charge on any atom is -0.270 e. The molecule has 3 nitrogen and oxygen atoms in total. The van der Waals surface area contributed by atoms with Gasteiger partial charge in [0.05, 0.1) is 0 Å². The lowest BCUT2D eigenvalue weighted by molar-refractivity contribution is 0.884. The maximum Gasteiger partial charge on any atom is 0.196 e. The first-order chi connectivity index (χ1) is 10.4. The predicted octanol–water partition coefficient (Wildman–Crippen LogP) is 4.44. The molecule has 3 aromatic rings. The molecule has 21 heavy (non-hydrogen) atoms. The van der Waals surface area contributed by atoms with E-state index in [1.54, 1.807) is 11.8 Å². The molecule has 0 aliphatic carbocycles. The number of nitrogens with zero attached hydrogens (tertiary/aromatic N) is 3. The Morgan fingerprint density at radius 2 is 1.57 bits per heavy atom. The summed E-state index contributed by atoms with van der Waals surface area (Å²) in [5, 5.41) is 9.74. The van der Waals surface area contributed by atoms with Gasteiger partial charge < -0.3 is 0 Å². The molecule has 0 aliphatic heterocycles. The van der Waals surface area contributed by atoms with Gasteiger partial charge in [-0.15, -0.1) is 10.2 Å². The minimum atomic E-state index is 0.889. The second-order valence-electron chi connectivity index (χ2n) is 4.69. The summed E-state index contributed by atoms with van der Waals surface area (Å²) in [5.41, 5.74) is 2.18. The summed E-state index contributed by atoms with van der Waals surface area (Å²) in [4.78, 5) is 0. The highest BCUT2D eigenvalue weighted by atomic mass is 32.2. The van der Waals surface area contributed by atoms with Crippen LogP contribution in [0.15, 0.2) is 65.8 Å². The van der Waals surface area contributed by atoms with Gasteiger partial charge in [-0.3, -0.25) is 4.57 Å². The van der Waals surface area contributed by atoms with E-state index in [0.717, 1.165) is 34.4 Å². The lowest BCUT2D eigenvalue weighted by atomic mass is 10.2. The predicted molar refractivity (Wildman–Crippen MR) is 87.8 cm³/mol. The molecule has 0 saturated carbocycles. The summed E-state index contributed by atoms with van der Waals surface area (Å²) in [6.07, 6.45) is 1.12. The van der Waals surface area contributed by atoms with Gasteiger partial charge >= 0.3 is 0 Å². The van der Waals surface area contributed by atoms with Gasteiger partial charge in [0.1, 0.15) is 0 Å². The Morgan fingerprint density at radius 3 is 2.24 bits per heavy atom. The summed E-state index contributed by atoms with van der Waals surface area (Å²) in [7, 11) is 0. The fourth-order valence-corrected chi connectivity index (χ4v) is 2.95. The first-order valence-electron chi connectivity index (χ1n) is 7.09. The molecule has 0 unspecified atom stereocenters. The van der Waals surface area contributed by atoms with E-state index in [1.165, 1.54) is 0 Å². The van der Waals surface area contributed by atoms with Crippen molar-refractivity contribution in [1.82, 2.24) is 14.8 Å². The second kappa shape index (κ2) is 6.59. The van der Waals surface area contributed by atoms with Crippen LogP contribution in [0.3, 0.4) is 0 Å². The van der Waals surface area contributed by atoms with Crippen molar-refractivity contribution >= 4 is 11.8 Å². The third-order valence-corrected chi connectivity index (χ3v) is 4.25. The number of benzene rings is 2. The first kappa shape index (κ1) is 13.9. The Bertz CT molecular complexity index is 693. The van der Waals surface area contributed by atoms with Crippen LogP contribution in [-0.2, 0) is 0 Å². The molecule has 4 heteroatoms. The smallest absolute Gasteiger partial charge is 0.196 e. The van der Waals surface area contributed by atoms with E-state index in [2.05, 4.69) is 46.0 Å². The van der Waals surface area contributed by atoms with E-state index < -0.39 is 0 Å². The molecule has 0 atom stereocenters. The monoisotopic (exact) mass is 295 g/mol. The van der Waals surface area contributed by atoms with Gasteiger partial charge in [0.25, 0.3) is 0 Å². The highest BCUT2D eigenvalue weighted by Crippen LogP contribution is 2.27. The van der Waals surface area contributed by atoms with Gasteiger partial charge in [0.2, 0.25) is 0 Å². The summed E-state index contributed by atoms with van der Waals surface area (Å²) >= 11 is 1.75. The van der Waals surface area contributed by atoms with Crippen molar-refractivity contribution in [2.24, 2.45) is 0 Å². The van der Waals surface area contributed by atoms with Crippen LogP contribution in [0.25, 0.3) is 17.1 Å². The van der Waals surface area contributed by atoms with Gasteiger partial charge in [-0.25, -0.2) is 0 Å². The number of hydrogen-bond donors (Lipinski definition) is 0. The van der Waals surface area contributed by atoms with Gasteiger partial charge in [0, 0.05) is 17.0 Å². The van der Waals surface area contributed by atoms with Gasteiger partial charge in [-0.2, -0.15) is 0 Å². The standard InChI is InChI=1S/C17H17N3S/c1-2-13-21-17-19-18-16(14-9-5-3-6-10-14)20(17)15-11-7-4-8-12-15/h3-12H,2,13H2,1H3. The molecule has 1 aromatic heterocycles. The van der Waals surface area contributed by atoms with E-state index >= 15 is 0 Å². The lowest BCUT2D eigenvalue weighted by Crippen LogP contribution is -1.99. The van der Waals surface area contributed by atoms with Crippen molar-refractivity contribution in [3.63, 3.8) is 0 Å². The molecule has 1 heterocycles. The molecule has 3 rings (SSSR count). The Labute approximate surface area is 129 Å². The van der Waals surface area contributed by atoms with E-state index in [-0.39, 0.29) is 0 Å². The number of rotatable bonds is 5. The molecule has 2 aromatic carbocycles. The molecular weight excluding hydrogens is 278 g/mol. The maximum atomic E-state index is 4.41. The number of aromatic nitrogens is 3. The normalized spacial score (nSPS) is 10.7. The van der Waals surface area contributed by atoms with Crippen molar-refractivity contribution in [1.29, 1.82) is 0 Å². The molecule has 0 amide bonds. The fraction of sp³-hybridized carbons (Fsp3) is 0.176. The van der Waals surface area contributed by atoms with Crippen LogP contribution in [-0.4, -0.2) is 20.5 Å². The highest BCUT2D eigenvalue weighted by Gasteiger charge is 2.15. The summed E-state index contributed by atoms with van der Waals surface area (Å²) in [5.74, 6) is 1.93. The van der Waals surface area contributed by atoms with Crippen LogP contribution in [0, 0.1) is 0 Å². The molecule has 0 fully saturated rings. The zero-order valence-electron chi connectivity index (χ0n) is 11.9. The van der Waals surface area contributed by atoms with Gasteiger partial charge in [-0.05, 0) is 18.6 Å². The third-order valence-electron chi connectivity index (χ3n) is 3.12. The summed E-state index contributed by atoms with van der Waals surface area (Å²) in [6.45, 7) is 2.17. The van der Waals surface area contributed by atoms with Crippen molar-refractivity contribution in [2.45, 2.75) is 18.5 Å². The van der Waals surface area contributed by atoms with Crippen molar-refractivity contribution < 1.29 is 0 Å². The maximum absolute atomic E-state index is 4.41. The molecule has 0 saturated heterocycles. The third kappa shape index (κ3) is 3.00. The second-order valence-corrected chi connectivity index (χ2v) is 5.75. The molecule has 0 radical (unpaired) electrons. The number of thioether (sulfide) groups is 1. The van der Waals surface area contributed by atoms with Crippen LogP contribution in [0.1, 0.15) is 13.3 Å². The Morgan fingerprint density at radius 1 is 0.905 bits per heavy atom. The Balaban J connectivity index is 2.11. The molecule has 0 spiro atoms. The molecule has 106 valence electrons. The lowest BCUT2D eigenvalue weighted by Gasteiger charge is -2.09. The van der Waals surface area contributed by atoms with E-state index in [4.69, 9.17) is 0 Å². The minimum absolute atomic E-state index is 0.889. The van der Waals surface area contributed by atoms with Crippen LogP contribution in [0.5, 0.6) is 0 Å². The average molecular weight is 295 g/mol. The van der Waals surface area contributed by atoms with E-state index in [9.17, 15) is 0 Å². The van der Waals surface area contributed by atoms with Gasteiger partial charge in [0.15, 0.2) is 11.0 Å². The van der Waals surface area contributed by atoms with Crippen LogP contribution in [0.2, 0.25) is 0 Å². The highest BCUT2D eigenvalue weighted by molar-refractivity contribution is 7.99. The Kier molecular flexibility index (Phi) is 4.36. The largest absolute Gasteiger partial charge is 0.270 e. The topological polar surface area (TPSA) is 30.7 Å². The molecule has 0 aliphatic rings. The van der Waals surface area contributed by atoms with Crippen LogP contribution in [0.4, 0.5) is 0 Å².